The molecule has 0 spiro atoms. The Balaban J connectivity index is 1.14. The predicted octanol–water partition coefficient (Wildman–Crippen LogP) is 14.9. The van der Waals surface area contributed by atoms with Crippen LogP contribution < -0.4 is 26.2 Å². The van der Waals surface area contributed by atoms with Crippen LogP contribution in [0.25, 0.3) is 54.6 Å². The molecule has 3 heteroatoms. The molecule has 11 aromatic rings. The molecule has 310 valence electrons. The number of nitrogens with zero attached hydrogens (tertiary/aromatic N) is 2. The molecule has 0 unspecified atom stereocenters. The SMILES string of the molecule is CC(C)(c1ccccc1)c1ccc2c(c1)B1c3ccccc3N(c3ccccc3)c3cc(-c4c5ccccc5c(-c5ccc6ccccc6c5)c5ccccc45)cc(c31)N2c1ccccc1. The highest BCUT2D eigenvalue weighted by Crippen LogP contribution is 2.50. The highest BCUT2D eigenvalue weighted by Gasteiger charge is 2.44. The van der Waals surface area contributed by atoms with Crippen molar-refractivity contribution < 1.29 is 0 Å². The summed E-state index contributed by atoms with van der Waals surface area (Å²) in [6, 6.07) is 88.0. The summed E-state index contributed by atoms with van der Waals surface area (Å²) >= 11 is 0. The Hall–Kier alpha value is -8.14. The Morgan fingerprint density at radius 3 is 1.42 bits per heavy atom. The summed E-state index contributed by atoms with van der Waals surface area (Å²) in [7, 11) is 0. The van der Waals surface area contributed by atoms with Crippen molar-refractivity contribution in [3.05, 3.63) is 248 Å². The Kier molecular flexibility index (Phi) is 8.70. The third kappa shape index (κ3) is 5.83. The van der Waals surface area contributed by atoms with E-state index in [0.29, 0.717) is 0 Å². The Morgan fingerprint density at radius 2 is 0.818 bits per heavy atom. The Bertz CT molecular complexity index is 3620. The number of fused-ring (bicyclic) bond motifs is 7. The summed E-state index contributed by atoms with van der Waals surface area (Å²) in [5, 5.41) is 7.46. The molecule has 0 radical (unpaired) electrons. The van der Waals surface area contributed by atoms with Crippen molar-refractivity contribution >= 4 is 89.5 Å². The fraction of sp³-hybridized carbons (Fsp3) is 0.0476. The third-order valence-corrected chi connectivity index (χ3v) is 14.5. The molecule has 66 heavy (non-hydrogen) atoms. The molecule has 0 fully saturated rings. The van der Waals surface area contributed by atoms with Gasteiger partial charge in [0.1, 0.15) is 0 Å². The van der Waals surface area contributed by atoms with E-state index in [1.54, 1.807) is 0 Å². The highest BCUT2D eigenvalue weighted by molar-refractivity contribution is 7.00. The van der Waals surface area contributed by atoms with Crippen LogP contribution in [0.4, 0.5) is 34.1 Å². The van der Waals surface area contributed by atoms with Crippen molar-refractivity contribution in [1.29, 1.82) is 0 Å². The number of hydrogen-bond donors (Lipinski definition) is 0. The first-order chi connectivity index (χ1) is 32.5. The lowest BCUT2D eigenvalue weighted by Crippen LogP contribution is -2.61. The second kappa shape index (κ2) is 15.0. The van der Waals surface area contributed by atoms with Gasteiger partial charge in [0.2, 0.25) is 0 Å². The third-order valence-electron chi connectivity index (χ3n) is 14.5. The quantitative estimate of drug-likeness (QED) is 0.122. The molecule has 0 bridgehead atoms. The topological polar surface area (TPSA) is 6.48 Å². The molecule has 0 N–H and O–H groups in total. The van der Waals surface area contributed by atoms with Crippen LogP contribution in [0.1, 0.15) is 25.0 Å². The number of rotatable bonds is 6. The summed E-state index contributed by atoms with van der Waals surface area (Å²) in [4.78, 5) is 5.06. The fourth-order valence-corrected chi connectivity index (χ4v) is 11.3. The number of hydrogen-bond acceptors (Lipinski definition) is 2. The van der Waals surface area contributed by atoms with Crippen molar-refractivity contribution in [3.63, 3.8) is 0 Å². The van der Waals surface area contributed by atoms with E-state index in [2.05, 4.69) is 260 Å². The van der Waals surface area contributed by atoms with Crippen molar-refractivity contribution in [2.24, 2.45) is 0 Å². The van der Waals surface area contributed by atoms with Crippen LogP contribution in [0, 0.1) is 0 Å². The van der Waals surface area contributed by atoms with Gasteiger partial charge in [-0.1, -0.05) is 196 Å². The molecule has 0 saturated heterocycles. The lowest BCUT2D eigenvalue weighted by atomic mass is 9.33. The summed E-state index contributed by atoms with van der Waals surface area (Å²) in [6.45, 7) is 4.71. The fourth-order valence-electron chi connectivity index (χ4n) is 11.3. The molecule has 0 atom stereocenters. The van der Waals surface area contributed by atoms with Crippen molar-refractivity contribution in [3.8, 4) is 22.3 Å². The van der Waals surface area contributed by atoms with E-state index in [0.717, 1.165) is 11.4 Å². The molecule has 13 rings (SSSR count). The Morgan fingerprint density at radius 1 is 0.333 bits per heavy atom. The smallest absolute Gasteiger partial charge is 0.252 e. The molecule has 11 aromatic carbocycles. The van der Waals surface area contributed by atoms with Crippen LogP contribution in [-0.2, 0) is 5.41 Å². The van der Waals surface area contributed by atoms with Crippen LogP contribution >= 0.6 is 0 Å². The highest BCUT2D eigenvalue weighted by atomic mass is 15.2. The van der Waals surface area contributed by atoms with E-state index in [-0.39, 0.29) is 12.1 Å². The number of anilines is 6. The second-order valence-corrected chi connectivity index (χ2v) is 18.4. The summed E-state index contributed by atoms with van der Waals surface area (Å²) in [5.74, 6) is 0. The minimum atomic E-state index is -0.216. The van der Waals surface area contributed by atoms with Gasteiger partial charge in [0.25, 0.3) is 6.71 Å². The minimum absolute atomic E-state index is 0.00883. The minimum Gasteiger partial charge on any atom is -0.311 e. The van der Waals surface area contributed by atoms with Gasteiger partial charge in [0.15, 0.2) is 0 Å². The van der Waals surface area contributed by atoms with Crippen molar-refractivity contribution in [1.82, 2.24) is 0 Å². The number of benzene rings is 11. The maximum atomic E-state index is 2.54. The second-order valence-electron chi connectivity index (χ2n) is 18.4. The molecular formula is C63H45BN2. The summed E-state index contributed by atoms with van der Waals surface area (Å²) in [6.07, 6.45) is 0. The van der Waals surface area contributed by atoms with Gasteiger partial charge >= 0.3 is 0 Å². The van der Waals surface area contributed by atoms with Gasteiger partial charge in [0.05, 0.1) is 0 Å². The van der Waals surface area contributed by atoms with E-state index in [4.69, 9.17) is 0 Å². The zero-order valence-corrected chi connectivity index (χ0v) is 37.0. The van der Waals surface area contributed by atoms with Gasteiger partial charge in [-0.2, -0.15) is 0 Å². The molecule has 2 aliphatic heterocycles. The van der Waals surface area contributed by atoms with Gasteiger partial charge in [-0.3, -0.25) is 0 Å². The largest absolute Gasteiger partial charge is 0.311 e. The maximum Gasteiger partial charge on any atom is 0.252 e. The molecular weight excluding hydrogens is 796 g/mol. The summed E-state index contributed by atoms with van der Waals surface area (Å²) < 4.78 is 0. The van der Waals surface area contributed by atoms with Gasteiger partial charge in [-0.05, 0) is 137 Å². The van der Waals surface area contributed by atoms with E-state index < -0.39 is 0 Å². The zero-order chi connectivity index (χ0) is 43.9. The molecule has 0 saturated carbocycles. The van der Waals surface area contributed by atoms with Crippen molar-refractivity contribution in [2.75, 3.05) is 9.80 Å². The average Bonchev–Trinajstić information content (AvgIpc) is 3.38. The number of para-hydroxylation sites is 3. The molecule has 2 aliphatic rings. The van der Waals surface area contributed by atoms with Crippen LogP contribution in [0.3, 0.4) is 0 Å². The van der Waals surface area contributed by atoms with Crippen LogP contribution in [0.15, 0.2) is 237 Å². The van der Waals surface area contributed by atoms with Gasteiger partial charge in [-0.15, -0.1) is 0 Å². The van der Waals surface area contributed by atoms with Gasteiger partial charge in [-0.25, -0.2) is 0 Å². The summed E-state index contributed by atoms with van der Waals surface area (Å²) in [5.41, 5.74) is 18.3. The predicted molar refractivity (Wildman–Crippen MR) is 282 cm³/mol. The van der Waals surface area contributed by atoms with E-state index in [1.165, 1.54) is 105 Å². The first-order valence-electron chi connectivity index (χ1n) is 23.1. The first kappa shape index (κ1) is 38.3. The zero-order valence-electron chi connectivity index (χ0n) is 37.0. The monoisotopic (exact) mass is 840 g/mol. The standard InChI is InChI=1S/C63H45BN2/c1-63(2,46-22-6-3-7-23-46)47-36-37-57-55(41-47)64-54-32-18-19-33-56(54)65(48-24-8-4-9-25-48)58-39-45(40-59(62(58)64)66(57)49-26-10-5-11-27-49)61-52-30-16-14-28-50(52)60(51-29-15-17-31-53(51)61)44-35-34-42-20-12-13-21-43(42)38-44/h3-41H,1-2H3. The van der Waals surface area contributed by atoms with Crippen LogP contribution in [-0.4, -0.2) is 6.71 Å². The van der Waals surface area contributed by atoms with Gasteiger partial charge in [0, 0.05) is 39.5 Å². The molecule has 2 nitrogen and oxygen atoms in total. The van der Waals surface area contributed by atoms with Crippen molar-refractivity contribution in [2.45, 2.75) is 19.3 Å². The normalized spacial score (nSPS) is 12.9. The first-order valence-corrected chi connectivity index (χ1v) is 23.1. The average molecular weight is 841 g/mol. The molecule has 0 aromatic heterocycles. The van der Waals surface area contributed by atoms with Crippen LogP contribution in [0.2, 0.25) is 0 Å². The molecule has 0 aliphatic carbocycles. The molecule has 0 amide bonds. The van der Waals surface area contributed by atoms with Crippen LogP contribution in [0.5, 0.6) is 0 Å². The lowest BCUT2D eigenvalue weighted by molar-refractivity contribution is 0.641. The lowest BCUT2D eigenvalue weighted by Gasteiger charge is -2.45. The molecule has 2 heterocycles. The van der Waals surface area contributed by atoms with Gasteiger partial charge < -0.3 is 9.80 Å². The van der Waals surface area contributed by atoms with E-state index in [9.17, 15) is 0 Å². The Labute approximate surface area is 386 Å². The van der Waals surface area contributed by atoms with E-state index in [1.807, 2.05) is 0 Å². The van der Waals surface area contributed by atoms with E-state index >= 15 is 0 Å². The maximum absolute atomic E-state index is 2.54.